The molecule has 0 saturated heterocycles. The number of nitrogens with two attached hydrogens (primary N) is 1. The predicted octanol–water partition coefficient (Wildman–Crippen LogP) is 2.25. The van der Waals surface area contributed by atoms with Crippen LogP contribution in [0.5, 0.6) is 5.88 Å². The predicted molar refractivity (Wildman–Crippen MR) is 71.6 cm³/mol. The van der Waals surface area contributed by atoms with Crippen LogP contribution in [0.2, 0.25) is 0 Å². The molecule has 1 atom stereocenters. The number of ether oxygens (including phenoxy) is 1. The summed E-state index contributed by atoms with van der Waals surface area (Å²) in [7, 11) is 0. The average molecular weight is 272 g/mol. The molecule has 3 N–H and O–H groups in total. The number of aromatic amines is 1. The van der Waals surface area contributed by atoms with Crippen molar-refractivity contribution >= 4 is 11.3 Å². The SMILES string of the molecule is CCc1[nH]nc2c1C(c1cccs1)C(C#N)=C(N)O2. The molecule has 1 unspecified atom stereocenters. The Kier molecular flexibility index (Phi) is 2.76. The van der Waals surface area contributed by atoms with E-state index in [1.54, 1.807) is 11.3 Å². The van der Waals surface area contributed by atoms with Crippen molar-refractivity contribution in [3.63, 3.8) is 0 Å². The minimum atomic E-state index is -0.178. The van der Waals surface area contributed by atoms with Gasteiger partial charge in [-0.2, -0.15) is 5.26 Å². The van der Waals surface area contributed by atoms with E-state index >= 15 is 0 Å². The summed E-state index contributed by atoms with van der Waals surface area (Å²) < 4.78 is 5.44. The number of fused-ring (bicyclic) bond motifs is 1. The van der Waals surface area contributed by atoms with Crippen LogP contribution < -0.4 is 10.5 Å². The second-order valence-electron chi connectivity index (χ2n) is 4.21. The van der Waals surface area contributed by atoms with Crippen molar-refractivity contribution in [1.82, 2.24) is 10.2 Å². The molecule has 1 aliphatic rings. The molecule has 0 saturated carbocycles. The highest BCUT2D eigenvalue weighted by molar-refractivity contribution is 7.10. The Bertz CT molecular complexity index is 678. The van der Waals surface area contributed by atoms with E-state index in [0.29, 0.717) is 11.5 Å². The van der Waals surface area contributed by atoms with E-state index in [9.17, 15) is 5.26 Å². The fraction of sp³-hybridized carbons (Fsp3) is 0.231. The molecular weight excluding hydrogens is 260 g/mol. The van der Waals surface area contributed by atoms with Gasteiger partial charge in [-0.3, -0.25) is 5.10 Å². The maximum Gasteiger partial charge on any atom is 0.244 e. The first kappa shape index (κ1) is 11.8. The van der Waals surface area contributed by atoms with Crippen LogP contribution in [-0.4, -0.2) is 10.2 Å². The average Bonchev–Trinajstić information content (AvgIpc) is 3.05. The Labute approximate surface area is 114 Å². The summed E-state index contributed by atoms with van der Waals surface area (Å²) in [4.78, 5) is 1.07. The van der Waals surface area contributed by atoms with Gasteiger partial charge in [-0.1, -0.05) is 13.0 Å². The smallest absolute Gasteiger partial charge is 0.244 e. The Morgan fingerprint density at radius 2 is 2.47 bits per heavy atom. The zero-order chi connectivity index (χ0) is 13.4. The third-order valence-electron chi connectivity index (χ3n) is 3.20. The summed E-state index contributed by atoms with van der Waals surface area (Å²) in [5.74, 6) is 0.441. The molecule has 1 aliphatic heterocycles. The van der Waals surface area contributed by atoms with Crippen molar-refractivity contribution in [2.75, 3.05) is 0 Å². The minimum Gasteiger partial charge on any atom is -0.420 e. The van der Waals surface area contributed by atoms with Crippen LogP contribution in [0.15, 0.2) is 29.0 Å². The van der Waals surface area contributed by atoms with Crippen molar-refractivity contribution in [2.24, 2.45) is 5.73 Å². The van der Waals surface area contributed by atoms with Crippen LogP contribution in [0.25, 0.3) is 0 Å². The highest BCUT2D eigenvalue weighted by atomic mass is 32.1. The van der Waals surface area contributed by atoms with Crippen molar-refractivity contribution in [3.8, 4) is 11.9 Å². The highest BCUT2D eigenvalue weighted by Crippen LogP contribution is 2.44. The van der Waals surface area contributed by atoms with Gasteiger partial charge in [-0.25, -0.2) is 0 Å². The van der Waals surface area contributed by atoms with E-state index in [2.05, 4.69) is 16.3 Å². The van der Waals surface area contributed by atoms with Gasteiger partial charge in [0.2, 0.25) is 11.8 Å². The molecule has 6 heteroatoms. The number of aryl methyl sites for hydroxylation is 1. The van der Waals surface area contributed by atoms with Crippen LogP contribution in [0.1, 0.15) is 29.0 Å². The minimum absolute atomic E-state index is 0.141. The lowest BCUT2D eigenvalue weighted by Gasteiger charge is -2.22. The topological polar surface area (TPSA) is 87.7 Å². The molecule has 96 valence electrons. The second-order valence-corrected chi connectivity index (χ2v) is 5.19. The highest BCUT2D eigenvalue weighted by Gasteiger charge is 2.35. The largest absolute Gasteiger partial charge is 0.420 e. The number of H-pyrrole nitrogens is 1. The number of rotatable bonds is 2. The van der Waals surface area contributed by atoms with E-state index in [0.717, 1.165) is 22.6 Å². The molecule has 3 heterocycles. The number of nitrogens with zero attached hydrogens (tertiary/aromatic N) is 2. The third kappa shape index (κ3) is 1.71. The molecule has 2 aromatic rings. The summed E-state index contributed by atoms with van der Waals surface area (Å²) in [5, 5.41) is 18.5. The van der Waals surface area contributed by atoms with Crippen molar-refractivity contribution in [3.05, 3.63) is 45.1 Å². The summed E-state index contributed by atoms with van der Waals surface area (Å²) in [6.07, 6.45) is 0.798. The van der Waals surface area contributed by atoms with E-state index < -0.39 is 0 Å². The van der Waals surface area contributed by atoms with Gasteiger partial charge in [0.1, 0.15) is 11.6 Å². The number of hydrogen-bond acceptors (Lipinski definition) is 5. The number of nitriles is 1. The first-order valence-electron chi connectivity index (χ1n) is 5.94. The molecule has 0 bridgehead atoms. The summed E-state index contributed by atoms with van der Waals surface area (Å²) in [6, 6.07) is 6.13. The van der Waals surface area contributed by atoms with Crippen LogP contribution in [0, 0.1) is 11.3 Å². The van der Waals surface area contributed by atoms with Gasteiger partial charge < -0.3 is 10.5 Å². The zero-order valence-electron chi connectivity index (χ0n) is 10.3. The van der Waals surface area contributed by atoms with Gasteiger partial charge in [0.05, 0.1) is 11.5 Å². The lowest BCUT2D eigenvalue weighted by atomic mass is 9.88. The molecule has 0 aliphatic carbocycles. The maximum absolute atomic E-state index is 9.36. The summed E-state index contributed by atoms with van der Waals surface area (Å²) in [6.45, 7) is 2.03. The number of thiophene rings is 1. The Hall–Kier alpha value is -2.26. The quantitative estimate of drug-likeness (QED) is 0.877. The molecule has 0 spiro atoms. The lowest BCUT2D eigenvalue weighted by Crippen LogP contribution is -2.20. The third-order valence-corrected chi connectivity index (χ3v) is 4.14. The van der Waals surface area contributed by atoms with E-state index in [-0.39, 0.29) is 11.8 Å². The van der Waals surface area contributed by atoms with Gasteiger partial charge in [-0.15, -0.1) is 16.4 Å². The molecule has 0 fully saturated rings. The van der Waals surface area contributed by atoms with Gasteiger partial charge >= 0.3 is 0 Å². The number of nitrogens with one attached hydrogen (secondary N) is 1. The molecule has 3 rings (SSSR count). The van der Waals surface area contributed by atoms with Crippen LogP contribution in [-0.2, 0) is 6.42 Å². The number of aromatic nitrogens is 2. The fourth-order valence-corrected chi connectivity index (χ4v) is 3.16. The Morgan fingerprint density at radius 1 is 1.63 bits per heavy atom. The summed E-state index contributed by atoms with van der Waals surface area (Å²) in [5.41, 5.74) is 8.19. The second kappa shape index (κ2) is 4.44. The van der Waals surface area contributed by atoms with Gasteiger partial charge in [0.25, 0.3) is 0 Å². The van der Waals surface area contributed by atoms with E-state index in [1.807, 2.05) is 24.4 Å². The van der Waals surface area contributed by atoms with Crippen LogP contribution in [0.4, 0.5) is 0 Å². The normalized spacial score (nSPS) is 17.8. The maximum atomic E-state index is 9.36. The zero-order valence-corrected chi connectivity index (χ0v) is 11.1. The molecule has 2 aromatic heterocycles. The first-order chi connectivity index (χ1) is 9.26. The van der Waals surface area contributed by atoms with Gasteiger partial charge in [0, 0.05) is 10.6 Å². The van der Waals surface area contributed by atoms with Gasteiger partial charge in [0.15, 0.2) is 0 Å². The lowest BCUT2D eigenvalue weighted by molar-refractivity contribution is 0.379. The van der Waals surface area contributed by atoms with Crippen LogP contribution >= 0.6 is 11.3 Å². The van der Waals surface area contributed by atoms with Crippen molar-refractivity contribution < 1.29 is 4.74 Å². The number of hydrogen-bond donors (Lipinski definition) is 2. The monoisotopic (exact) mass is 272 g/mol. The van der Waals surface area contributed by atoms with Crippen molar-refractivity contribution in [1.29, 1.82) is 5.26 Å². The molecule has 5 nitrogen and oxygen atoms in total. The van der Waals surface area contributed by atoms with Crippen molar-refractivity contribution in [2.45, 2.75) is 19.3 Å². The van der Waals surface area contributed by atoms with Crippen LogP contribution in [0.3, 0.4) is 0 Å². The molecular formula is C13H12N4OS. The molecule has 0 aromatic carbocycles. The van der Waals surface area contributed by atoms with E-state index in [4.69, 9.17) is 10.5 Å². The Balaban J connectivity index is 2.24. The standard InChI is InChI=1S/C13H12N4OS/c1-2-8-11-10(9-4-3-5-19-9)7(6-14)12(15)18-13(11)17-16-8/h3-5,10H,2,15H2,1H3,(H,16,17). The fourth-order valence-electron chi connectivity index (χ4n) is 2.32. The van der Waals surface area contributed by atoms with Gasteiger partial charge in [-0.05, 0) is 17.9 Å². The summed E-state index contributed by atoms with van der Waals surface area (Å²) >= 11 is 1.60. The Morgan fingerprint density at radius 3 is 3.11 bits per heavy atom. The first-order valence-corrected chi connectivity index (χ1v) is 6.82. The molecule has 0 amide bonds. The number of allylic oxidation sites excluding steroid dienone is 1. The van der Waals surface area contributed by atoms with E-state index in [1.165, 1.54) is 0 Å². The molecule has 0 radical (unpaired) electrons. The molecule has 19 heavy (non-hydrogen) atoms.